The van der Waals surface area contributed by atoms with E-state index in [4.69, 9.17) is 4.74 Å². The van der Waals surface area contributed by atoms with Gasteiger partial charge in [-0.2, -0.15) is 0 Å². The number of hydrogen-bond acceptors (Lipinski definition) is 5. The molecular weight excluding hydrogens is 394 g/mol. The molecule has 0 saturated heterocycles. The first-order valence-electron chi connectivity index (χ1n) is 10.1. The van der Waals surface area contributed by atoms with Gasteiger partial charge >= 0.3 is 5.97 Å². The van der Waals surface area contributed by atoms with Crippen molar-refractivity contribution in [1.82, 2.24) is 9.55 Å². The number of amides is 1. The molecule has 0 bridgehead atoms. The third-order valence-corrected chi connectivity index (χ3v) is 5.45. The van der Waals surface area contributed by atoms with Crippen LogP contribution in [0.2, 0.25) is 0 Å². The molecule has 7 heteroatoms. The van der Waals surface area contributed by atoms with Gasteiger partial charge in [-0.1, -0.05) is 36.4 Å². The normalized spacial score (nSPS) is 12.6. The van der Waals surface area contributed by atoms with Crippen molar-refractivity contribution in [2.75, 3.05) is 11.9 Å². The van der Waals surface area contributed by atoms with Crippen LogP contribution in [-0.4, -0.2) is 28.0 Å². The van der Waals surface area contributed by atoms with Gasteiger partial charge in [0, 0.05) is 24.0 Å². The molecule has 0 aliphatic carbocycles. The summed E-state index contributed by atoms with van der Waals surface area (Å²) in [5, 5.41) is 5.16. The molecule has 1 aliphatic rings. The second kappa shape index (κ2) is 7.68. The van der Waals surface area contributed by atoms with E-state index in [1.165, 1.54) is 6.07 Å². The molecule has 4 aromatic rings. The topological polar surface area (TPSA) is 90.3 Å². The minimum Gasteiger partial charge on any atom is -0.452 e. The fourth-order valence-electron chi connectivity index (χ4n) is 3.95. The zero-order chi connectivity index (χ0) is 21.4. The smallest absolute Gasteiger partial charge is 0.338 e. The number of ether oxygens (including phenoxy) is 1. The standard InChI is InChI=1S/C24H19N3O4/c28-22(26-19-8-3-6-15-5-1-2-7-17(15)19)14-31-24(30)16-10-11-18-20(13-16)25-21-9-4-12-27(21)23(18)29/h1-3,5-8,10-11,13H,4,9,12,14H2,(H,26,28). The Morgan fingerprint density at radius 2 is 1.87 bits per heavy atom. The van der Waals surface area contributed by atoms with Gasteiger partial charge in [0.05, 0.1) is 16.5 Å². The Bertz CT molecular complexity index is 1400. The van der Waals surface area contributed by atoms with Crippen molar-refractivity contribution in [2.24, 2.45) is 0 Å². The van der Waals surface area contributed by atoms with Crippen molar-refractivity contribution in [3.63, 3.8) is 0 Å². The van der Waals surface area contributed by atoms with Gasteiger partial charge in [0.15, 0.2) is 6.61 Å². The Hall–Kier alpha value is -4.00. The van der Waals surface area contributed by atoms with Gasteiger partial charge in [-0.3, -0.25) is 14.2 Å². The molecule has 5 rings (SSSR count). The van der Waals surface area contributed by atoms with Crippen LogP contribution in [0.3, 0.4) is 0 Å². The van der Waals surface area contributed by atoms with E-state index in [-0.39, 0.29) is 11.1 Å². The minimum absolute atomic E-state index is 0.0908. The molecule has 7 nitrogen and oxygen atoms in total. The first kappa shape index (κ1) is 19.0. The van der Waals surface area contributed by atoms with Crippen molar-refractivity contribution in [3.05, 3.63) is 82.4 Å². The van der Waals surface area contributed by atoms with Crippen molar-refractivity contribution >= 4 is 39.2 Å². The first-order chi connectivity index (χ1) is 15.1. The Morgan fingerprint density at radius 3 is 2.77 bits per heavy atom. The summed E-state index contributed by atoms with van der Waals surface area (Å²) in [6, 6.07) is 18.0. The lowest BCUT2D eigenvalue weighted by Gasteiger charge is -2.10. The number of fused-ring (bicyclic) bond motifs is 3. The molecule has 1 aromatic heterocycles. The van der Waals surface area contributed by atoms with Crippen LogP contribution in [0.4, 0.5) is 5.69 Å². The molecule has 0 radical (unpaired) electrons. The van der Waals surface area contributed by atoms with Crippen LogP contribution in [0.25, 0.3) is 21.7 Å². The molecule has 154 valence electrons. The molecule has 31 heavy (non-hydrogen) atoms. The molecule has 1 amide bonds. The van der Waals surface area contributed by atoms with E-state index in [9.17, 15) is 14.4 Å². The van der Waals surface area contributed by atoms with E-state index in [2.05, 4.69) is 10.3 Å². The molecule has 3 aromatic carbocycles. The van der Waals surface area contributed by atoms with E-state index in [0.717, 1.165) is 29.4 Å². The van der Waals surface area contributed by atoms with E-state index in [1.54, 1.807) is 22.8 Å². The van der Waals surface area contributed by atoms with Crippen LogP contribution in [0.1, 0.15) is 22.6 Å². The molecule has 0 unspecified atom stereocenters. The number of aromatic nitrogens is 2. The summed E-state index contributed by atoms with van der Waals surface area (Å²) in [6.45, 7) is 0.257. The predicted molar refractivity (Wildman–Crippen MR) is 117 cm³/mol. The van der Waals surface area contributed by atoms with Crippen molar-refractivity contribution < 1.29 is 14.3 Å². The van der Waals surface area contributed by atoms with Crippen LogP contribution in [0, 0.1) is 0 Å². The summed E-state index contributed by atoms with van der Waals surface area (Å²) in [5.41, 5.74) is 1.28. The third kappa shape index (κ3) is 3.54. The van der Waals surface area contributed by atoms with Gasteiger partial charge in [0.25, 0.3) is 11.5 Å². The van der Waals surface area contributed by atoms with E-state index in [0.29, 0.717) is 23.1 Å². The maximum absolute atomic E-state index is 12.5. The average molecular weight is 413 g/mol. The fraction of sp³-hybridized carbons (Fsp3) is 0.167. The number of aryl methyl sites for hydroxylation is 1. The molecule has 1 aliphatic heterocycles. The Balaban J connectivity index is 1.30. The van der Waals surface area contributed by atoms with Gasteiger partial charge < -0.3 is 10.1 Å². The highest BCUT2D eigenvalue weighted by atomic mass is 16.5. The number of hydrogen-bond donors (Lipinski definition) is 1. The number of anilines is 1. The maximum atomic E-state index is 12.5. The number of carbonyl (C=O) groups is 2. The third-order valence-electron chi connectivity index (χ3n) is 5.45. The van der Waals surface area contributed by atoms with Crippen molar-refractivity contribution in [1.29, 1.82) is 0 Å². The summed E-state index contributed by atoms with van der Waals surface area (Å²) in [7, 11) is 0. The zero-order valence-electron chi connectivity index (χ0n) is 16.6. The maximum Gasteiger partial charge on any atom is 0.338 e. The fourth-order valence-corrected chi connectivity index (χ4v) is 3.95. The van der Waals surface area contributed by atoms with Crippen LogP contribution in [0.15, 0.2) is 65.5 Å². The van der Waals surface area contributed by atoms with Crippen LogP contribution in [-0.2, 0) is 22.5 Å². The summed E-state index contributed by atoms with van der Waals surface area (Å²) in [4.78, 5) is 41.8. The molecule has 0 atom stereocenters. The van der Waals surface area contributed by atoms with Crippen LogP contribution >= 0.6 is 0 Å². The highest BCUT2D eigenvalue weighted by Crippen LogP contribution is 2.23. The lowest BCUT2D eigenvalue weighted by Crippen LogP contribution is -2.22. The number of nitrogens with one attached hydrogen (secondary N) is 1. The van der Waals surface area contributed by atoms with Crippen LogP contribution in [0.5, 0.6) is 0 Å². The van der Waals surface area contributed by atoms with E-state index >= 15 is 0 Å². The first-order valence-corrected chi connectivity index (χ1v) is 10.1. The van der Waals surface area contributed by atoms with Crippen molar-refractivity contribution in [2.45, 2.75) is 19.4 Å². The largest absolute Gasteiger partial charge is 0.452 e. The molecule has 0 fully saturated rings. The summed E-state index contributed by atoms with van der Waals surface area (Å²) in [6.07, 6.45) is 1.63. The van der Waals surface area contributed by atoms with Gasteiger partial charge in [-0.25, -0.2) is 9.78 Å². The average Bonchev–Trinajstić information content (AvgIpc) is 3.26. The number of carbonyl (C=O) groups excluding carboxylic acids is 2. The SMILES string of the molecule is O=C(COC(=O)c1ccc2c(=O)n3c(nc2c1)CCC3)Nc1cccc2ccccc12. The second-order valence-corrected chi connectivity index (χ2v) is 7.47. The van der Waals surface area contributed by atoms with Gasteiger partial charge in [-0.15, -0.1) is 0 Å². The summed E-state index contributed by atoms with van der Waals surface area (Å²) < 4.78 is 6.86. The van der Waals surface area contributed by atoms with Crippen molar-refractivity contribution in [3.8, 4) is 0 Å². The van der Waals surface area contributed by atoms with E-state index < -0.39 is 18.5 Å². The van der Waals surface area contributed by atoms with Gasteiger partial charge in [-0.05, 0) is 36.1 Å². The Kier molecular flexibility index (Phi) is 4.71. The highest BCUT2D eigenvalue weighted by molar-refractivity contribution is 6.03. The lowest BCUT2D eigenvalue weighted by atomic mass is 10.1. The van der Waals surface area contributed by atoms with Gasteiger partial charge in [0.2, 0.25) is 0 Å². The number of esters is 1. The Morgan fingerprint density at radius 1 is 1.03 bits per heavy atom. The zero-order valence-corrected chi connectivity index (χ0v) is 16.6. The number of nitrogens with zero attached hydrogens (tertiary/aromatic N) is 2. The summed E-state index contributed by atoms with van der Waals surface area (Å²) >= 11 is 0. The number of rotatable bonds is 4. The highest BCUT2D eigenvalue weighted by Gasteiger charge is 2.18. The molecule has 1 N–H and O–H groups in total. The predicted octanol–water partition coefficient (Wildman–Crippen LogP) is 3.29. The van der Waals surface area contributed by atoms with Gasteiger partial charge in [0.1, 0.15) is 5.82 Å². The molecule has 2 heterocycles. The molecule has 0 spiro atoms. The molecular formula is C24H19N3O4. The Labute approximate surface area is 177 Å². The van der Waals surface area contributed by atoms with E-state index in [1.807, 2.05) is 36.4 Å². The minimum atomic E-state index is -0.641. The molecule has 0 saturated carbocycles. The quantitative estimate of drug-likeness (QED) is 0.519. The van der Waals surface area contributed by atoms with Crippen LogP contribution < -0.4 is 10.9 Å². The monoisotopic (exact) mass is 413 g/mol. The number of benzene rings is 3. The summed E-state index contributed by atoms with van der Waals surface area (Å²) in [5.74, 6) is -0.338. The lowest BCUT2D eigenvalue weighted by molar-refractivity contribution is -0.119. The second-order valence-electron chi connectivity index (χ2n) is 7.47.